The Balaban J connectivity index is 1.61. The molecule has 1 aliphatic heterocycles. The molecule has 3 rings (SSSR count). The molecule has 8 heteroatoms. The molecule has 0 saturated carbocycles. The van der Waals surface area contributed by atoms with Crippen LogP contribution in [0.2, 0.25) is 0 Å². The minimum absolute atomic E-state index is 0.225. The van der Waals surface area contributed by atoms with Crippen molar-refractivity contribution in [2.75, 3.05) is 31.6 Å². The van der Waals surface area contributed by atoms with Gasteiger partial charge in [0.25, 0.3) is 0 Å². The zero-order chi connectivity index (χ0) is 27.5. The second-order valence-corrected chi connectivity index (χ2v) is 10.3. The van der Waals surface area contributed by atoms with Gasteiger partial charge in [-0.15, -0.1) is 0 Å². The predicted octanol–water partition coefficient (Wildman–Crippen LogP) is 3.42. The lowest BCUT2D eigenvalue weighted by atomic mass is 9.89. The van der Waals surface area contributed by atoms with Crippen LogP contribution in [0.15, 0.2) is 54.6 Å². The maximum absolute atomic E-state index is 13.3. The number of aliphatic hydroxyl groups is 3. The molecule has 0 aliphatic carbocycles. The van der Waals surface area contributed by atoms with Crippen LogP contribution in [-0.4, -0.2) is 71.3 Å². The number of nitrogens with zero attached hydrogens (tertiary/aromatic N) is 2. The van der Waals surface area contributed by atoms with Crippen LogP contribution in [0.25, 0.3) is 0 Å². The van der Waals surface area contributed by atoms with E-state index >= 15 is 0 Å². The highest BCUT2D eigenvalue weighted by atomic mass is 16.7. The second-order valence-electron chi connectivity index (χ2n) is 10.3. The SMILES string of the molecule is CCCCC[C@H](O)c1ccc(CN2O[C@@H](CO)[C@@H]([C@H](C)O)[C@H]2C(=O)NCCCN(C)c2ccccc2)cc1. The molecule has 1 saturated heterocycles. The smallest absolute Gasteiger partial charge is 0.240 e. The zero-order valence-electron chi connectivity index (χ0n) is 23.0. The van der Waals surface area contributed by atoms with Crippen molar-refractivity contribution in [1.29, 1.82) is 0 Å². The maximum atomic E-state index is 13.3. The van der Waals surface area contributed by atoms with Gasteiger partial charge in [0, 0.05) is 31.7 Å². The first-order chi connectivity index (χ1) is 18.3. The van der Waals surface area contributed by atoms with Crippen LogP contribution in [0.1, 0.15) is 63.2 Å². The molecule has 8 nitrogen and oxygen atoms in total. The number of aliphatic hydroxyl groups excluding tert-OH is 3. The summed E-state index contributed by atoms with van der Waals surface area (Å²) < 4.78 is 0. The first-order valence-corrected chi connectivity index (χ1v) is 13.9. The third-order valence-electron chi connectivity index (χ3n) is 7.33. The molecule has 0 bridgehead atoms. The summed E-state index contributed by atoms with van der Waals surface area (Å²) in [5.41, 5.74) is 2.91. The molecule has 2 aromatic rings. The Hall–Kier alpha value is -2.49. The van der Waals surface area contributed by atoms with Gasteiger partial charge >= 0.3 is 0 Å². The van der Waals surface area contributed by atoms with Gasteiger partial charge in [-0.3, -0.25) is 9.63 Å². The van der Waals surface area contributed by atoms with E-state index in [1.165, 1.54) is 0 Å². The quantitative estimate of drug-likeness (QED) is 0.263. The van der Waals surface area contributed by atoms with Gasteiger partial charge in [0.1, 0.15) is 12.1 Å². The van der Waals surface area contributed by atoms with Crippen molar-refractivity contribution in [2.45, 2.75) is 76.9 Å². The Kier molecular flexibility index (Phi) is 12.0. The number of carbonyl (C=O) groups excluding carboxylic acids is 1. The topological polar surface area (TPSA) is 106 Å². The van der Waals surface area contributed by atoms with Crippen LogP contribution in [0.4, 0.5) is 5.69 Å². The number of benzene rings is 2. The molecule has 1 heterocycles. The van der Waals surface area contributed by atoms with Gasteiger partial charge in [0.05, 0.1) is 25.4 Å². The van der Waals surface area contributed by atoms with Gasteiger partial charge in [-0.2, -0.15) is 5.06 Å². The third-order valence-corrected chi connectivity index (χ3v) is 7.33. The second kappa shape index (κ2) is 15.2. The van der Waals surface area contributed by atoms with E-state index in [4.69, 9.17) is 4.84 Å². The maximum Gasteiger partial charge on any atom is 0.240 e. The van der Waals surface area contributed by atoms with Crippen molar-refractivity contribution in [3.8, 4) is 0 Å². The number of rotatable bonds is 15. The number of amides is 1. The molecule has 0 radical (unpaired) electrons. The molecule has 0 unspecified atom stereocenters. The van der Waals surface area contributed by atoms with Gasteiger partial charge in [0.2, 0.25) is 5.91 Å². The molecule has 4 N–H and O–H groups in total. The normalized spacial score (nSPS) is 21.3. The van der Waals surface area contributed by atoms with E-state index < -0.39 is 30.3 Å². The number of hydrogen-bond acceptors (Lipinski definition) is 7. The Bertz CT molecular complexity index is 956. The fourth-order valence-electron chi connectivity index (χ4n) is 5.10. The summed E-state index contributed by atoms with van der Waals surface area (Å²) in [4.78, 5) is 21.4. The lowest BCUT2D eigenvalue weighted by molar-refractivity contribution is -0.181. The van der Waals surface area contributed by atoms with E-state index in [1.54, 1.807) is 12.0 Å². The monoisotopic (exact) mass is 527 g/mol. The summed E-state index contributed by atoms with van der Waals surface area (Å²) in [6.45, 7) is 5.07. The van der Waals surface area contributed by atoms with Crippen LogP contribution in [0.3, 0.4) is 0 Å². The van der Waals surface area contributed by atoms with Crippen LogP contribution in [-0.2, 0) is 16.2 Å². The molecule has 38 heavy (non-hydrogen) atoms. The van der Waals surface area contributed by atoms with E-state index in [2.05, 4.69) is 17.1 Å². The average Bonchev–Trinajstić information content (AvgIpc) is 3.30. The van der Waals surface area contributed by atoms with Crippen molar-refractivity contribution in [2.24, 2.45) is 5.92 Å². The molecular weight excluding hydrogens is 482 g/mol. The average molecular weight is 528 g/mol. The highest BCUT2D eigenvalue weighted by Crippen LogP contribution is 2.32. The molecule has 2 aromatic carbocycles. The first kappa shape index (κ1) is 30.1. The molecule has 1 amide bonds. The number of anilines is 1. The fourth-order valence-corrected chi connectivity index (χ4v) is 5.10. The highest BCUT2D eigenvalue weighted by molar-refractivity contribution is 5.82. The van der Waals surface area contributed by atoms with E-state index in [1.807, 2.05) is 61.6 Å². The van der Waals surface area contributed by atoms with Gasteiger partial charge in [-0.25, -0.2) is 0 Å². The van der Waals surface area contributed by atoms with Crippen LogP contribution in [0.5, 0.6) is 0 Å². The summed E-state index contributed by atoms with van der Waals surface area (Å²) in [7, 11) is 2.02. The van der Waals surface area contributed by atoms with Crippen molar-refractivity contribution in [3.63, 3.8) is 0 Å². The molecule has 5 atom stereocenters. The van der Waals surface area contributed by atoms with E-state index in [-0.39, 0.29) is 12.5 Å². The first-order valence-electron chi connectivity index (χ1n) is 13.9. The van der Waals surface area contributed by atoms with Gasteiger partial charge in [-0.1, -0.05) is 68.7 Å². The van der Waals surface area contributed by atoms with E-state index in [0.29, 0.717) is 13.1 Å². The minimum atomic E-state index is -0.835. The summed E-state index contributed by atoms with van der Waals surface area (Å²) >= 11 is 0. The number of nitrogens with one attached hydrogen (secondary N) is 1. The number of para-hydroxylation sites is 1. The molecule has 1 aliphatic rings. The van der Waals surface area contributed by atoms with Crippen molar-refractivity contribution >= 4 is 11.6 Å². The lowest BCUT2D eigenvalue weighted by Crippen LogP contribution is -2.49. The van der Waals surface area contributed by atoms with E-state index in [0.717, 1.165) is 55.5 Å². The summed E-state index contributed by atoms with van der Waals surface area (Å²) in [5.74, 6) is -0.788. The van der Waals surface area contributed by atoms with Gasteiger partial charge in [0.15, 0.2) is 0 Å². The zero-order valence-corrected chi connectivity index (χ0v) is 23.0. The Morgan fingerprint density at radius 2 is 1.79 bits per heavy atom. The standard InChI is InChI=1S/C30H45N3O5/c1-4-5-7-13-26(36)24-16-14-23(15-17-24)20-33-29(28(22(2)35)27(21-34)38-33)30(37)31-18-10-19-32(3)25-11-8-6-9-12-25/h6,8-9,11-12,14-17,22,26-29,34-36H,4-5,7,10,13,18-21H2,1-3H3,(H,31,37)/t22-,26-,27-,28+,29-/m0/s1. The van der Waals surface area contributed by atoms with Crippen LogP contribution < -0.4 is 10.2 Å². The third kappa shape index (κ3) is 8.25. The Morgan fingerprint density at radius 3 is 2.42 bits per heavy atom. The largest absolute Gasteiger partial charge is 0.394 e. The number of hydroxylamine groups is 2. The predicted molar refractivity (Wildman–Crippen MR) is 149 cm³/mol. The van der Waals surface area contributed by atoms with Crippen LogP contribution >= 0.6 is 0 Å². The van der Waals surface area contributed by atoms with Crippen molar-refractivity contribution in [1.82, 2.24) is 10.4 Å². The Labute approximate surface area is 227 Å². The molecule has 0 spiro atoms. The number of unbranched alkanes of at least 4 members (excludes halogenated alkanes) is 2. The van der Waals surface area contributed by atoms with E-state index in [9.17, 15) is 20.1 Å². The molecule has 210 valence electrons. The van der Waals surface area contributed by atoms with Crippen molar-refractivity contribution in [3.05, 3.63) is 65.7 Å². The number of carbonyl (C=O) groups is 1. The molecular formula is C30H45N3O5. The fraction of sp³-hybridized carbons (Fsp3) is 0.567. The summed E-state index contributed by atoms with van der Waals surface area (Å²) in [5, 5.41) is 35.4. The lowest BCUT2D eigenvalue weighted by Gasteiger charge is -2.27. The minimum Gasteiger partial charge on any atom is -0.394 e. The number of hydrogen-bond donors (Lipinski definition) is 4. The van der Waals surface area contributed by atoms with Gasteiger partial charge < -0.3 is 25.5 Å². The van der Waals surface area contributed by atoms with Crippen molar-refractivity contribution < 1.29 is 25.0 Å². The molecule has 1 fully saturated rings. The van der Waals surface area contributed by atoms with Crippen LogP contribution in [0, 0.1) is 5.92 Å². The summed E-state index contributed by atoms with van der Waals surface area (Å²) in [6, 6.07) is 17.0. The summed E-state index contributed by atoms with van der Waals surface area (Å²) in [6.07, 6.45) is 2.71. The molecule has 0 aromatic heterocycles. The Morgan fingerprint density at radius 1 is 1.08 bits per heavy atom. The highest BCUT2D eigenvalue weighted by Gasteiger charge is 2.49. The van der Waals surface area contributed by atoms with Gasteiger partial charge in [-0.05, 0) is 43.0 Å².